The summed E-state index contributed by atoms with van der Waals surface area (Å²) in [4.78, 5) is 93.8. The van der Waals surface area contributed by atoms with Crippen LogP contribution in [0, 0.1) is 82.9 Å². The Morgan fingerprint density at radius 1 is 0.438 bits per heavy atom. The molecule has 19 nitrogen and oxygen atoms in total. The van der Waals surface area contributed by atoms with Crippen LogP contribution in [0.1, 0.15) is 268 Å². The molecule has 105 heavy (non-hydrogen) atoms. The molecule has 582 valence electrons. The predicted molar refractivity (Wildman–Crippen MR) is 392 cm³/mol. The van der Waals surface area contributed by atoms with Crippen molar-refractivity contribution in [2.24, 2.45) is 82.9 Å². The van der Waals surface area contributed by atoms with Crippen LogP contribution < -0.4 is 0 Å². The maximum Gasteiger partial charge on any atom is 0.344 e. The van der Waals surface area contributed by atoms with E-state index in [9.17, 15) is 53.7 Å². The van der Waals surface area contributed by atoms with Gasteiger partial charge in [-0.1, -0.05) is 60.2 Å². The Balaban J connectivity index is 0.000000127. The summed E-state index contributed by atoms with van der Waals surface area (Å²) in [5.74, 6) is 5.10. The van der Waals surface area contributed by atoms with Gasteiger partial charge in [0.15, 0.2) is 6.61 Å². The smallest absolute Gasteiger partial charge is 0.344 e. The summed E-state index contributed by atoms with van der Waals surface area (Å²) >= 11 is 0. The van der Waals surface area contributed by atoms with Gasteiger partial charge in [0.25, 0.3) is 0 Å². The zero-order valence-corrected chi connectivity index (χ0v) is 64.7. The Hall–Kier alpha value is -5.92. The van der Waals surface area contributed by atoms with E-state index in [1.54, 1.807) is 34.6 Å². The minimum absolute atomic E-state index is 0.0568. The summed E-state index contributed by atoms with van der Waals surface area (Å²) in [6, 6.07) is 0. The van der Waals surface area contributed by atoms with E-state index < -0.39 is 58.6 Å². The quantitative estimate of drug-likeness (QED) is 0.0736. The van der Waals surface area contributed by atoms with E-state index in [2.05, 4.69) is 60.2 Å². The molecule has 0 aromatic heterocycles. The molecule has 0 amide bonds. The van der Waals surface area contributed by atoms with Crippen molar-refractivity contribution in [1.29, 1.82) is 0 Å². The Labute approximate surface area is 623 Å². The first-order valence-corrected chi connectivity index (χ1v) is 40.0. The number of hydrogen-bond acceptors (Lipinski definition) is 19. The molecule has 3 N–H and O–H groups in total. The van der Waals surface area contributed by atoms with Gasteiger partial charge < -0.3 is 53.2 Å². The van der Waals surface area contributed by atoms with Crippen LogP contribution in [0.4, 0.5) is 0 Å². The van der Waals surface area contributed by atoms with Crippen LogP contribution in [0.15, 0.2) is 72.9 Å². The highest BCUT2D eigenvalue weighted by atomic mass is 16.6. The normalized spacial score (nSPS) is 40.6. The average Bonchev–Trinajstić information content (AvgIpc) is 1.04. The zero-order valence-electron chi connectivity index (χ0n) is 64.7. The van der Waals surface area contributed by atoms with E-state index in [4.69, 9.17) is 37.9 Å². The van der Waals surface area contributed by atoms with Gasteiger partial charge in [-0.15, -0.1) is 0 Å². The lowest BCUT2D eigenvalue weighted by Crippen LogP contribution is -2.66. The van der Waals surface area contributed by atoms with Crippen LogP contribution >= 0.6 is 0 Å². The first-order valence-electron chi connectivity index (χ1n) is 40.0. The molecule has 2 saturated heterocycles. The fraction of sp³-hybridized carbons (Fsp3) is 0.767. The SMILES string of the molecule is C=C(C)C(=O)OC1(C(C)C)C2CC3CC(C2)CC1C3.C=C(C)C(=O)OC1(CC)CCCC1.C=C(C)C(=O)OC12CC3CC(CC(C3)C1)C2.C=C(C)C(=O)OC12CC3CC(CC(O)(C3)C1)C2.C=C(C)C(=O)OC12CC3CC(O)(CC(O)(C3)C1)C2.C=C(C)C(=O)OCC(=O)OC1C2CC3CC(C2)C(=O)OC1C3. The summed E-state index contributed by atoms with van der Waals surface area (Å²) in [7, 11) is 0. The van der Waals surface area contributed by atoms with Crippen LogP contribution in [-0.4, -0.2) is 127 Å². The minimum atomic E-state index is -0.858. The third kappa shape index (κ3) is 18.0. The fourth-order valence-electron chi connectivity index (χ4n) is 24.7. The highest BCUT2D eigenvalue weighted by Crippen LogP contribution is 2.64. The highest BCUT2D eigenvalue weighted by molar-refractivity contribution is 5.90. The van der Waals surface area contributed by atoms with Crippen LogP contribution in [0.2, 0.25) is 0 Å². The van der Waals surface area contributed by atoms with Gasteiger partial charge in [0, 0.05) is 65.0 Å². The first-order chi connectivity index (χ1) is 49.2. The van der Waals surface area contributed by atoms with E-state index in [0.29, 0.717) is 89.1 Å². The van der Waals surface area contributed by atoms with Crippen molar-refractivity contribution in [3.05, 3.63) is 72.9 Å². The van der Waals surface area contributed by atoms with Crippen molar-refractivity contribution in [3.63, 3.8) is 0 Å². The van der Waals surface area contributed by atoms with Crippen molar-refractivity contribution < 1.29 is 91.6 Å². The molecule has 21 aliphatic rings. The van der Waals surface area contributed by atoms with Crippen molar-refractivity contribution >= 4 is 47.8 Å². The van der Waals surface area contributed by atoms with Gasteiger partial charge in [-0.2, -0.15) is 0 Å². The summed E-state index contributed by atoms with van der Waals surface area (Å²) < 4.78 is 44.3. The molecule has 2 aliphatic heterocycles. The molecule has 9 unspecified atom stereocenters. The number of fused-ring (bicyclic) bond motifs is 1. The molecule has 19 saturated carbocycles. The largest absolute Gasteiger partial charge is 0.458 e. The van der Waals surface area contributed by atoms with Gasteiger partial charge in [-0.05, 0) is 292 Å². The molecular formula is C86H124O19. The number of carbonyl (C=O) groups excluding carboxylic acids is 8. The van der Waals surface area contributed by atoms with E-state index in [-0.39, 0.29) is 76.1 Å². The molecule has 2 heterocycles. The van der Waals surface area contributed by atoms with Crippen LogP contribution in [0.5, 0.6) is 0 Å². The highest BCUT2D eigenvalue weighted by Gasteiger charge is 2.66. The predicted octanol–water partition coefficient (Wildman–Crippen LogP) is 14.7. The van der Waals surface area contributed by atoms with Crippen molar-refractivity contribution in [2.75, 3.05) is 6.61 Å². The fourth-order valence-corrected chi connectivity index (χ4v) is 24.7. The van der Waals surface area contributed by atoms with E-state index in [1.165, 1.54) is 77.6 Å². The number of carbonyl (C=O) groups is 8. The Morgan fingerprint density at radius 2 is 0.838 bits per heavy atom. The first kappa shape index (κ1) is 80.1. The summed E-state index contributed by atoms with van der Waals surface area (Å²) in [6.07, 6.45) is 30.9. The minimum Gasteiger partial charge on any atom is -0.458 e. The van der Waals surface area contributed by atoms with Crippen molar-refractivity contribution in [3.8, 4) is 0 Å². The number of aliphatic hydroxyl groups is 3. The standard InChI is InChI=1S/C17H26O2.C16H20O6.C14H20O4.C14H20O3.C14H20O2.C11H18O2/c1-10(2)16(18)19-17(11(3)4)14-6-12-5-13(8-14)9-15(17)7-12;1-8(2)15(18)20-7-13(17)22-14-10-3-9-4-11(6-10)16(19)21-12(14)5-9;1-9(2)11(15)18-14-5-10-3-12(16,7-14)6-13(17,4-10)8-14;1-9(2)12(15)17-14-6-10-3-11(7-14)5-13(16,4-10)8-14;1-9(2)13(15)16-14-6-10-3-11(7-14)5-12(4-10)8-14;1-4-11(7-5-6-8-11)13-10(12)9(2)3/h11-15H,1,5-9H2,2-4H3;9-12,14H,1,3-7H2,2H3;10,16-17H,1,3-8H2,2H3;10-11,16H,1,3-8H2,2H3;10-12H,1,3-8H2,2H3;2,4-8H2,1,3H3. The number of rotatable bonds is 16. The Morgan fingerprint density at radius 3 is 1.30 bits per heavy atom. The molecule has 21 rings (SSSR count). The molecule has 0 aromatic rings. The summed E-state index contributed by atoms with van der Waals surface area (Å²) in [6.45, 7) is 37.8. The molecule has 20 bridgehead atoms. The van der Waals surface area contributed by atoms with Gasteiger partial charge in [0.2, 0.25) is 0 Å². The van der Waals surface area contributed by atoms with E-state index >= 15 is 0 Å². The molecule has 0 spiro atoms. The van der Waals surface area contributed by atoms with Gasteiger partial charge in [-0.25, -0.2) is 33.6 Å². The zero-order chi connectivity index (χ0) is 76.3. The molecule has 0 radical (unpaired) electrons. The van der Waals surface area contributed by atoms with Gasteiger partial charge in [0.05, 0.1) is 22.7 Å². The second kappa shape index (κ2) is 30.9. The van der Waals surface area contributed by atoms with Gasteiger partial charge in [-0.3, -0.25) is 4.79 Å². The average molecular weight is 1460 g/mol. The molecule has 21 fully saturated rings. The van der Waals surface area contributed by atoms with Gasteiger partial charge in [0.1, 0.15) is 40.2 Å². The lowest BCUT2D eigenvalue weighted by atomic mass is 9.47. The summed E-state index contributed by atoms with van der Waals surface area (Å²) in [5, 5.41) is 31.5. The van der Waals surface area contributed by atoms with Gasteiger partial charge >= 0.3 is 47.8 Å². The monoisotopic (exact) mass is 1460 g/mol. The van der Waals surface area contributed by atoms with Crippen molar-refractivity contribution in [1.82, 2.24) is 0 Å². The maximum absolute atomic E-state index is 12.1. The molecule has 0 aromatic carbocycles. The third-order valence-corrected chi connectivity index (χ3v) is 27.4. The van der Waals surface area contributed by atoms with Crippen LogP contribution in [0.3, 0.4) is 0 Å². The number of ether oxygens (including phenoxy) is 8. The molecule has 19 aliphatic carbocycles. The number of hydrogen-bond donors (Lipinski definition) is 3. The van der Waals surface area contributed by atoms with E-state index in [1.807, 2.05) is 0 Å². The lowest BCUT2D eigenvalue weighted by Gasteiger charge is -2.62. The van der Waals surface area contributed by atoms with Crippen molar-refractivity contribution in [2.45, 2.75) is 325 Å². The maximum atomic E-state index is 12.1. The Kier molecular flexibility index (Phi) is 23.5. The second-order valence-corrected chi connectivity index (χ2v) is 37.6. The van der Waals surface area contributed by atoms with E-state index in [0.717, 1.165) is 139 Å². The van der Waals surface area contributed by atoms with Crippen LogP contribution in [0.25, 0.3) is 0 Å². The van der Waals surface area contributed by atoms with Crippen LogP contribution in [-0.2, 0) is 76.3 Å². The molecular weight excluding hydrogens is 1340 g/mol. The summed E-state index contributed by atoms with van der Waals surface area (Å²) in [5.41, 5.74) is -1.22. The number of esters is 8. The lowest BCUT2D eigenvalue weighted by molar-refractivity contribution is -0.260. The third-order valence-electron chi connectivity index (χ3n) is 27.4. The second-order valence-electron chi connectivity index (χ2n) is 37.6. The molecule has 9 atom stereocenters. The Bertz CT molecular complexity index is 3340. The topological polar surface area (TPSA) is 271 Å². The molecule has 19 heteroatoms.